The number of hydrogen-bond donors (Lipinski definition) is 2. The lowest BCUT2D eigenvalue weighted by molar-refractivity contribution is 0.570. The molecule has 2 heterocycles. The Labute approximate surface area is 183 Å². The molecule has 30 heavy (non-hydrogen) atoms. The molecular formula is C23H32N6S. The van der Waals surface area contributed by atoms with Crippen LogP contribution in [0.4, 0.5) is 0 Å². The summed E-state index contributed by atoms with van der Waals surface area (Å²) >= 11 is 1.74. The lowest BCUT2D eigenvalue weighted by Gasteiger charge is -2.14. The maximum absolute atomic E-state index is 4.80. The van der Waals surface area contributed by atoms with Crippen molar-refractivity contribution in [1.82, 2.24) is 25.4 Å². The van der Waals surface area contributed by atoms with Gasteiger partial charge in [-0.1, -0.05) is 45.0 Å². The first kappa shape index (κ1) is 22.0. The van der Waals surface area contributed by atoms with E-state index in [1.54, 1.807) is 17.5 Å². The summed E-state index contributed by atoms with van der Waals surface area (Å²) in [6, 6.07) is 10.3. The maximum atomic E-state index is 4.80. The molecule has 160 valence electrons. The zero-order valence-electron chi connectivity index (χ0n) is 18.4. The minimum Gasteiger partial charge on any atom is -0.357 e. The highest BCUT2D eigenvalue weighted by Gasteiger charge is 2.17. The molecule has 2 aromatic heterocycles. The van der Waals surface area contributed by atoms with Crippen LogP contribution in [0.15, 0.2) is 53.1 Å². The monoisotopic (exact) mass is 424 g/mol. The largest absolute Gasteiger partial charge is 0.357 e. The molecule has 0 aliphatic rings. The first-order chi connectivity index (χ1) is 14.5. The Hall–Kier alpha value is -2.67. The van der Waals surface area contributed by atoms with Gasteiger partial charge in [0.1, 0.15) is 0 Å². The van der Waals surface area contributed by atoms with E-state index in [2.05, 4.69) is 73.1 Å². The number of aromatic nitrogens is 3. The summed E-state index contributed by atoms with van der Waals surface area (Å²) in [5.41, 5.74) is 3.71. The second-order valence-corrected chi connectivity index (χ2v) is 9.16. The Balaban J connectivity index is 1.59. The highest BCUT2D eigenvalue weighted by molar-refractivity contribution is 7.09. The lowest BCUT2D eigenvalue weighted by atomic mass is 9.93. The molecule has 0 aliphatic carbocycles. The third-order valence-corrected chi connectivity index (χ3v) is 5.62. The van der Waals surface area contributed by atoms with Gasteiger partial charge in [-0.25, -0.2) is 9.98 Å². The van der Waals surface area contributed by atoms with E-state index in [1.165, 1.54) is 11.1 Å². The van der Waals surface area contributed by atoms with Crippen LogP contribution in [0.2, 0.25) is 0 Å². The van der Waals surface area contributed by atoms with Gasteiger partial charge < -0.3 is 10.6 Å². The van der Waals surface area contributed by atoms with Crippen molar-refractivity contribution in [3.05, 3.63) is 69.9 Å². The number of rotatable bonds is 8. The molecule has 1 aromatic carbocycles. The van der Waals surface area contributed by atoms with Gasteiger partial charge in [0.2, 0.25) is 0 Å². The van der Waals surface area contributed by atoms with E-state index >= 15 is 0 Å². The van der Waals surface area contributed by atoms with Gasteiger partial charge >= 0.3 is 0 Å². The average molecular weight is 425 g/mol. The van der Waals surface area contributed by atoms with Crippen LogP contribution >= 0.6 is 11.3 Å². The van der Waals surface area contributed by atoms with Crippen molar-refractivity contribution in [2.24, 2.45) is 4.99 Å². The van der Waals surface area contributed by atoms with Crippen molar-refractivity contribution < 1.29 is 0 Å². The van der Waals surface area contributed by atoms with E-state index in [9.17, 15) is 0 Å². The zero-order chi connectivity index (χ0) is 21.4. The summed E-state index contributed by atoms with van der Waals surface area (Å²) in [5.74, 6) is 0.832. The minimum absolute atomic E-state index is 0.0993. The summed E-state index contributed by atoms with van der Waals surface area (Å²) in [5, 5.41) is 14.4. The molecule has 0 amide bonds. The number of nitrogens with one attached hydrogen (secondary N) is 2. The van der Waals surface area contributed by atoms with Crippen molar-refractivity contribution in [2.45, 2.75) is 52.6 Å². The van der Waals surface area contributed by atoms with E-state index < -0.39 is 0 Å². The Morgan fingerprint density at radius 3 is 2.60 bits per heavy atom. The van der Waals surface area contributed by atoms with Gasteiger partial charge in [-0.15, -0.1) is 11.3 Å². The Morgan fingerprint density at radius 2 is 1.93 bits per heavy atom. The van der Waals surface area contributed by atoms with Crippen molar-refractivity contribution in [3.8, 4) is 0 Å². The molecule has 0 saturated heterocycles. The van der Waals surface area contributed by atoms with Crippen LogP contribution in [-0.2, 0) is 24.9 Å². The Bertz CT molecular complexity index is 937. The summed E-state index contributed by atoms with van der Waals surface area (Å²) < 4.78 is 1.94. The van der Waals surface area contributed by atoms with Crippen molar-refractivity contribution >= 4 is 17.3 Å². The molecule has 0 bridgehead atoms. The number of guanidine groups is 1. The van der Waals surface area contributed by atoms with Crippen LogP contribution in [-0.4, -0.2) is 33.8 Å². The molecule has 0 atom stereocenters. The molecule has 7 heteroatoms. The third-order valence-electron chi connectivity index (χ3n) is 4.71. The van der Waals surface area contributed by atoms with Crippen LogP contribution in [0.3, 0.4) is 0 Å². The summed E-state index contributed by atoms with van der Waals surface area (Å²) in [7, 11) is 0. The number of nitrogens with zero attached hydrogens (tertiary/aromatic N) is 4. The van der Waals surface area contributed by atoms with Crippen LogP contribution in [0, 0.1) is 0 Å². The van der Waals surface area contributed by atoms with Crippen molar-refractivity contribution in [2.75, 3.05) is 13.1 Å². The molecule has 0 saturated carbocycles. The molecule has 6 nitrogen and oxygen atoms in total. The molecule has 0 fully saturated rings. The summed E-state index contributed by atoms with van der Waals surface area (Å²) in [6.07, 6.45) is 4.68. The maximum Gasteiger partial charge on any atom is 0.191 e. The van der Waals surface area contributed by atoms with Gasteiger partial charge in [-0.2, -0.15) is 5.10 Å². The molecule has 0 aliphatic heterocycles. The normalized spacial score (nSPS) is 12.2. The second kappa shape index (κ2) is 10.4. The predicted octanol–water partition coefficient (Wildman–Crippen LogP) is 3.98. The topological polar surface area (TPSA) is 67.1 Å². The summed E-state index contributed by atoms with van der Waals surface area (Å²) in [4.78, 5) is 9.57. The second-order valence-electron chi connectivity index (χ2n) is 8.22. The minimum atomic E-state index is 0.0993. The van der Waals surface area contributed by atoms with Crippen LogP contribution in [0.25, 0.3) is 0 Å². The molecule has 3 aromatic rings. The average Bonchev–Trinajstić information content (AvgIpc) is 3.39. The molecular weight excluding hydrogens is 392 g/mol. The molecule has 0 radical (unpaired) electrons. The van der Waals surface area contributed by atoms with Crippen molar-refractivity contribution in [1.29, 1.82) is 0 Å². The number of benzene rings is 1. The zero-order valence-corrected chi connectivity index (χ0v) is 19.2. The first-order valence-electron chi connectivity index (χ1n) is 10.5. The first-order valence-corrected chi connectivity index (χ1v) is 11.3. The van der Waals surface area contributed by atoms with E-state index in [0.29, 0.717) is 6.54 Å². The molecule has 0 spiro atoms. The van der Waals surface area contributed by atoms with Crippen LogP contribution in [0.1, 0.15) is 49.5 Å². The van der Waals surface area contributed by atoms with Gasteiger partial charge in [0.05, 0.1) is 23.8 Å². The van der Waals surface area contributed by atoms with Gasteiger partial charge in [0.15, 0.2) is 5.96 Å². The van der Waals surface area contributed by atoms with E-state index in [4.69, 9.17) is 9.98 Å². The highest BCUT2D eigenvalue weighted by Crippen LogP contribution is 2.23. The number of aliphatic imine (C=N–C) groups is 1. The smallest absolute Gasteiger partial charge is 0.191 e. The van der Waals surface area contributed by atoms with E-state index in [1.807, 2.05) is 16.9 Å². The molecule has 0 unspecified atom stereocenters. The van der Waals surface area contributed by atoms with Gasteiger partial charge in [-0.3, -0.25) is 4.68 Å². The SMILES string of the molecule is CCNC(=NCc1ccccc1Cn1cccn1)NCCc1nc(C(C)(C)C)cs1. The fourth-order valence-electron chi connectivity index (χ4n) is 3.00. The number of thiazole rings is 1. The van der Waals surface area contributed by atoms with Crippen LogP contribution in [0.5, 0.6) is 0 Å². The standard InChI is InChI=1S/C23H32N6S/c1-5-24-22(25-13-11-21-28-20(17-30-21)23(2,3)4)26-15-18-9-6-7-10-19(18)16-29-14-8-12-27-29/h6-10,12,14,17H,5,11,13,15-16H2,1-4H3,(H2,24,25,26). The molecule has 3 rings (SSSR count). The fourth-order valence-corrected chi connectivity index (χ4v) is 4.02. The van der Waals surface area contributed by atoms with Crippen LogP contribution < -0.4 is 10.6 Å². The van der Waals surface area contributed by atoms with E-state index in [-0.39, 0.29) is 5.41 Å². The molecule has 2 N–H and O–H groups in total. The Kier molecular flexibility index (Phi) is 7.63. The fraction of sp³-hybridized carbons (Fsp3) is 0.435. The van der Waals surface area contributed by atoms with E-state index in [0.717, 1.165) is 42.7 Å². The quantitative estimate of drug-likeness (QED) is 0.424. The third kappa shape index (κ3) is 6.42. The van der Waals surface area contributed by atoms with Crippen molar-refractivity contribution in [3.63, 3.8) is 0 Å². The highest BCUT2D eigenvalue weighted by atomic mass is 32.1. The predicted molar refractivity (Wildman–Crippen MR) is 125 cm³/mol. The van der Waals surface area contributed by atoms with Gasteiger partial charge in [-0.05, 0) is 24.1 Å². The van der Waals surface area contributed by atoms with Gasteiger partial charge in [0.25, 0.3) is 0 Å². The Morgan fingerprint density at radius 1 is 1.13 bits per heavy atom. The number of hydrogen-bond acceptors (Lipinski definition) is 4. The van der Waals surface area contributed by atoms with Gasteiger partial charge in [0, 0.05) is 42.7 Å². The lowest BCUT2D eigenvalue weighted by Crippen LogP contribution is -2.38. The summed E-state index contributed by atoms with van der Waals surface area (Å²) in [6.45, 7) is 11.7.